The van der Waals surface area contributed by atoms with Crippen LogP contribution < -0.4 is 10.2 Å². The zero-order valence-corrected chi connectivity index (χ0v) is 21.3. The Morgan fingerprint density at radius 1 is 0.833 bits per heavy atom. The number of rotatable bonds is 8. The Balaban J connectivity index is 1.35. The summed E-state index contributed by atoms with van der Waals surface area (Å²) in [5, 5.41) is 12.8. The van der Waals surface area contributed by atoms with Crippen molar-refractivity contribution in [2.45, 2.75) is 35.6 Å². The summed E-state index contributed by atoms with van der Waals surface area (Å²) in [6, 6.07) is 25.9. The Morgan fingerprint density at radius 3 is 2.39 bits per heavy atom. The summed E-state index contributed by atoms with van der Waals surface area (Å²) in [7, 11) is 0. The molecule has 0 radical (unpaired) electrons. The van der Waals surface area contributed by atoms with E-state index in [1.54, 1.807) is 11.8 Å². The average molecular weight is 516 g/mol. The van der Waals surface area contributed by atoms with Crippen molar-refractivity contribution in [2.75, 3.05) is 23.3 Å². The van der Waals surface area contributed by atoms with E-state index in [1.165, 1.54) is 6.42 Å². The molecule has 5 rings (SSSR count). The Labute approximate surface area is 220 Å². The molecule has 1 aliphatic heterocycles. The van der Waals surface area contributed by atoms with Crippen LogP contribution in [0, 0.1) is 0 Å². The minimum atomic E-state index is 0.298. The first kappa shape index (κ1) is 24.2. The van der Waals surface area contributed by atoms with E-state index in [9.17, 15) is 0 Å². The number of nitrogens with zero attached hydrogens (tertiary/aromatic N) is 6. The molecule has 1 fully saturated rings. The van der Waals surface area contributed by atoms with Gasteiger partial charge in [0.05, 0.1) is 6.54 Å². The molecule has 0 unspecified atom stereocenters. The van der Waals surface area contributed by atoms with Crippen molar-refractivity contribution in [3.8, 4) is 0 Å². The number of aromatic nitrogens is 3. The highest BCUT2D eigenvalue weighted by Crippen LogP contribution is 2.32. The van der Waals surface area contributed by atoms with Crippen LogP contribution in [0.4, 0.5) is 23.5 Å². The van der Waals surface area contributed by atoms with Crippen molar-refractivity contribution >= 4 is 46.9 Å². The molecule has 0 atom stereocenters. The Morgan fingerprint density at radius 2 is 1.58 bits per heavy atom. The van der Waals surface area contributed by atoms with E-state index in [1.807, 2.05) is 66.7 Å². The van der Waals surface area contributed by atoms with E-state index in [-0.39, 0.29) is 0 Å². The molecule has 0 aliphatic carbocycles. The Bertz CT molecular complexity index is 1310. The number of halogens is 1. The fourth-order valence-corrected chi connectivity index (χ4v) is 4.94. The number of piperidine rings is 1. The largest absolute Gasteiger partial charge is 0.341 e. The van der Waals surface area contributed by atoms with Gasteiger partial charge in [-0.3, -0.25) is 0 Å². The maximum Gasteiger partial charge on any atom is 0.275 e. The molecule has 36 heavy (non-hydrogen) atoms. The second-order valence-electron chi connectivity index (χ2n) is 8.36. The summed E-state index contributed by atoms with van der Waals surface area (Å²) in [6.07, 6.45) is 3.49. The molecule has 0 saturated carbocycles. The first-order valence-corrected chi connectivity index (χ1v) is 13.1. The van der Waals surface area contributed by atoms with Crippen LogP contribution >= 0.6 is 23.4 Å². The van der Waals surface area contributed by atoms with E-state index in [2.05, 4.69) is 47.5 Å². The summed E-state index contributed by atoms with van der Waals surface area (Å²) >= 11 is 7.71. The van der Waals surface area contributed by atoms with Crippen LogP contribution in [0.1, 0.15) is 24.8 Å². The van der Waals surface area contributed by atoms with Gasteiger partial charge in [0.2, 0.25) is 11.9 Å². The summed E-state index contributed by atoms with van der Waals surface area (Å²) in [6.45, 7) is 2.28. The molecule has 0 bridgehead atoms. The second-order valence-corrected chi connectivity index (χ2v) is 9.91. The molecule has 2 heterocycles. The maximum atomic E-state index is 6.03. The lowest BCUT2D eigenvalue weighted by Gasteiger charge is -2.26. The third-order valence-electron chi connectivity index (χ3n) is 5.70. The smallest absolute Gasteiger partial charge is 0.275 e. The predicted molar refractivity (Wildman–Crippen MR) is 146 cm³/mol. The van der Waals surface area contributed by atoms with Crippen molar-refractivity contribution in [3.05, 3.63) is 89.4 Å². The van der Waals surface area contributed by atoms with E-state index >= 15 is 0 Å². The van der Waals surface area contributed by atoms with Crippen LogP contribution in [0.5, 0.6) is 0 Å². The van der Waals surface area contributed by atoms with Gasteiger partial charge in [-0.05, 0) is 67.3 Å². The van der Waals surface area contributed by atoms with Crippen LogP contribution in [0.25, 0.3) is 0 Å². The fourth-order valence-electron chi connectivity index (χ4n) is 3.88. The van der Waals surface area contributed by atoms with Crippen LogP contribution in [0.2, 0.25) is 5.02 Å². The molecule has 4 aromatic rings. The molecule has 0 amide bonds. The van der Waals surface area contributed by atoms with Gasteiger partial charge in [0.1, 0.15) is 0 Å². The molecule has 9 heteroatoms. The van der Waals surface area contributed by atoms with Gasteiger partial charge in [0, 0.05) is 33.6 Å². The molecule has 3 aromatic carbocycles. The van der Waals surface area contributed by atoms with Gasteiger partial charge in [0.25, 0.3) is 5.95 Å². The van der Waals surface area contributed by atoms with Gasteiger partial charge in [-0.2, -0.15) is 20.1 Å². The standard InChI is InChI=1S/C27H26ClN7S/c28-21-13-15-23(16-14-21)36-24-12-6-5-9-20(24)19-29-34-26-31-25(30-22-10-3-1-4-11-22)32-27(33-26)35-17-7-2-8-18-35/h1,3-6,9-16H,2,7-8,17-19H2,(H,30,31,32,33). The van der Waals surface area contributed by atoms with E-state index < -0.39 is 0 Å². The van der Waals surface area contributed by atoms with Gasteiger partial charge in [-0.1, -0.05) is 59.8 Å². The Kier molecular flexibility index (Phi) is 8.05. The lowest BCUT2D eigenvalue weighted by molar-refractivity contribution is 0.567. The number of azo groups is 1. The molecule has 7 nitrogen and oxygen atoms in total. The number of anilines is 3. The van der Waals surface area contributed by atoms with Crippen molar-refractivity contribution in [3.63, 3.8) is 0 Å². The van der Waals surface area contributed by atoms with Crippen molar-refractivity contribution in [1.29, 1.82) is 0 Å². The van der Waals surface area contributed by atoms with Crippen molar-refractivity contribution in [2.24, 2.45) is 10.2 Å². The lowest BCUT2D eigenvalue weighted by Crippen LogP contribution is -2.31. The van der Waals surface area contributed by atoms with E-state index in [0.29, 0.717) is 24.4 Å². The summed E-state index contributed by atoms with van der Waals surface area (Å²) in [5.41, 5.74) is 1.98. The number of para-hydroxylation sites is 1. The highest BCUT2D eigenvalue weighted by atomic mass is 35.5. The highest BCUT2D eigenvalue weighted by molar-refractivity contribution is 7.99. The maximum absolute atomic E-state index is 6.03. The fraction of sp³-hybridized carbons (Fsp3) is 0.222. The van der Waals surface area contributed by atoms with Crippen molar-refractivity contribution in [1.82, 2.24) is 15.0 Å². The zero-order chi connectivity index (χ0) is 24.6. The third kappa shape index (κ3) is 6.59. The monoisotopic (exact) mass is 515 g/mol. The minimum Gasteiger partial charge on any atom is -0.341 e. The molecule has 182 valence electrons. The van der Waals surface area contributed by atoms with Crippen LogP contribution in [0.15, 0.2) is 98.9 Å². The molecule has 1 N–H and O–H groups in total. The van der Waals surface area contributed by atoms with Crippen LogP contribution in [0.3, 0.4) is 0 Å². The van der Waals surface area contributed by atoms with Gasteiger partial charge in [-0.25, -0.2) is 0 Å². The van der Waals surface area contributed by atoms with Gasteiger partial charge < -0.3 is 10.2 Å². The third-order valence-corrected chi connectivity index (χ3v) is 7.07. The zero-order valence-electron chi connectivity index (χ0n) is 19.7. The molecular formula is C27H26ClN7S. The normalized spacial score (nSPS) is 13.8. The Hall–Kier alpha value is -3.49. The van der Waals surface area contributed by atoms with Crippen LogP contribution in [-0.4, -0.2) is 28.0 Å². The number of hydrogen-bond acceptors (Lipinski definition) is 8. The quantitative estimate of drug-likeness (QED) is 0.242. The molecule has 1 saturated heterocycles. The summed E-state index contributed by atoms with van der Waals surface area (Å²) < 4.78 is 0. The van der Waals surface area contributed by atoms with Crippen LogP contribution in [-0.2, 0) is 6.54 Å². The minimum absolute atomic E-state index is 0.298. The number of hydrogen-bond donors (Lipinski definition) is 1. The topological polar surface area (TPSA) is 78.7 Å². The van der Waals surface area contributed by atoms with Gasteiger partial charge in [0.15, 0.2) is 0 Å². The number of benzene rings is 3. The lowest BCUT2D eigenvalue weighted by atomic mass is 10.1. The van der Waals surface area contributed by atoms with E-state index in [0.717, 1.165) is 52.0 Å². The van der Waals surface area contributed by atoms with E-state index in [4.69, 9.17) is 11.6 Å². The SMILES string of the molecule is Clc1ccc(Sc2ccccc2CN=Nc2nc(Nc3ccccc3)nc(N3CCCCC3)n2)cc1. The number of nitrogens with one attached hydrogen (secondary N) is 1. The van der Waals surface area contributed by atoms with Gasteiger partial charge in [-0.15, -0.1) is 5.11 Å². The highest BCUT2D eigenvalue weighted by Gasteiger charge is 2.16. The van der Waals surface area contributed by atoms with Crippen molar-refractivity contribution < 1.29 is 0 Å². The average Bonchev–Trinajstić information content (AvgIpc) is 2.92. The molecule has 1 aromatic heterocycles. The molecular weight excluding hydrogens is 490 g/mol. The second kappa shape index (κ2) is 12.0. The first-order chi connectivity index (χ1) is 17.7. The summed E-state index contributed by atoms with van der Waals surface area (Å²) in [4.78, 5) is 18.2. The van der Waals surface area contributed by atoms with Gasteiger partial charge >= 0.3 is 0 Å². The molecule has 0 spiro atoms. The first-order valence-electron chi connectivity index (χ1n) is 11.9. The molecule has 1 aliphatic rings. The summed E-state index contributed by atoms with van der Waals surface area (Å²) in [5.74, 6) is 1.40. The predicted octanol–water partition coefficient (Wildman–Crippen LogP) is 7.69.